The Morgan fingerprint density at radius 2 is 2.17 bits per heavy atom. The summed E-state index contributed by atoms with van der Waals surface area (Å²) in [6, 6.07) is 2.42. The zero-order valence-corrected chi connectivity index (χ0v) is 7.83. The molecule has 68 valence electrons. The Bertz CT molecular complexity index is 177. The molecule has 0 unspecified atom stereocenters. The van der Waals surface area contributed by atoms with Gasteiger partial charge in [-0.2, -0.15) is 5.26 Å². The molecule has 0 amide bonds. The Morgan fingerprint density at radius 1 is 1.58 bits per heavy atom. The summed E-state index contributed by atoms with van der Waals surface area (Å²) in [5.41, 5.74) is 5.50. The predicted octanol–water partition coefficient (Wildman–Crippen LogP) is 0.425. The number of nitrogens with two attached hydrogens (primary N) is 1. The molecule has 1 aliphatic heterocycles. The number of likely N-dealkylation sites (tertiary alicyclic amines) is 1. The van der Waals surface area contributed by atoms with E-state index in [1.165, 1.54) is 0 Å². The van der Waals surface area contributed by atoms with Crippen molar-refractivity contribution in [1.29, 1.82) is 5.26 Å². The molecule has 0 saturated carbocycles. The highest BCUT2D eigenvalue weighted by Gasteiger charge is 2.32. The second-order valence-corrected chi connectivity index (χ2v) is 3.87. The Kier molecular flexibility index (Phi) is 3.07. The highest BCUT2D eigenvalue weighted by atomic mass is 15.2. The van der Waals surface area contributed by atoms with Crippen LogP contribution in [0.1, 0.15) is 13.8 Å². The zero-order chi connectivity index (χ0) is 9.14. The average molecular weight is 167 g/mol. The van der Waals surface area contributed by atoms with Gasteiger partial charge in [0.05, 0.1) is 6.07 Å². The van der Waals surface area contributed by atoms with Gasteiger partial charge in [-0.1, -0.05) is 13.8 Å². The van der Waals surface area contributed by atoms with Crippen LogP contribution in [0.3, 0.4) is 0 Å². The summed E-state index contributed by atoms with van der Waals surface area (Å²) >= 11 is 0. The summed E-state index contributed by atoms with van der Waals surface area (Å²) in [6.45, 7) is 6.94. The van der Waals surface area contributed by atoms with Gasteiger partial charge in [-0.25, -0.2) is 0 Å². The van der Waals surface area contributed by atoms with E-state index in [0.29, 0.717) is 11.8 Å². The first-order chi connectivity index (χ1) is 5.69. The number of nitriles is 1. The molecule has 2 N–H and O–H groups in total. The van der Waals surface area contributed by atoms with Gasteiger partial charge in [0.1, 0.15) is 6.04 Å². The lowest BCUT2D eigenvalue weighted by Gasteiger charge is -2.42. The average Bonchev–Trinajstić information content (AvgIpc) is 1.94. The van der Waals surface area contributed by atoms with Gasteiger partial charge in [0.15, 0.2) is 0 Å². The van der Waals surface area contributed by atoms with E-state index in [9.17, 15) is 0 Å². The summed E-state index contributed by atoms with van der Waals surface area (Å²) in [5, 5.41) is 8.87. The molecule has 3 nitrogen and oxygen atoms in total. The zero-order valence-electron chi connectivity index (χ0n) is 7.83. The first-order valence-corrected chi connectivity index (χ1v) is 4.52. The lowest BCUT2D eigenvalue weighted by molar-refractivity contribution is 0.0612. The fourth-order valence-corrected chi connectivity index (χ4v) is 1.64. The Labute approximate surface area is 74.1 Å². The monoisotopic (exact) mass is 167 g/mol. The predicted molar refractivity (Wildman–Crippen MR) is 48.4 cm³/mol. The summed E-state index contributed by atoms with van der Waals surface area (Å²) in [4.78, 5) is 2.21. The summed E-state index contributed by atoms with van der Waals surface area (Å²) < 4.78 is 0. The summed E-state index contributed by atoms with van der Waals surface area (Å²) in [5.74, 6) is 1.05. The quantitative estimate of drug-likeness (QED) is 0.663. The van der Waals surface area contributed by atoms with E-state index in [1.54, 1.807) is 0 Å². The third-order valence-electron chi connectivity index (χ3n) is 2.48. The van der Waals surface area contributed by atoms with Crippen molar-refractivity contribution in [3.63, 3.8) is 0 Å². The van der Waals surface area contributed by atoms with Gasteiger partial charge in [0, 0.05) is 13.1 Å². The van der Waals surface area contributed by atoms with E-state index < -0.39 is 0 Å². The minimum Gasteiger partial charge on any atom is -0.330 e. The van der Waals surface area contributed by atoms with Crippen molar-refractivity contribution in [1.82, 2.24) is 4.90 Å². The third kappa shape index (κ3) is 1.77. The third-order valence-corrected chi connectivity index (χ3v) is 2.48. The van der Waals surface area contributed by atoms with Gasteiger partial charge >= 0.3 is 0 Å². The Balaban J connectivity index is 2.35. The van der Waals surface area contributed by atoms with Crippen LogP contribution in [0.2, 0.25) is 0 Å². The lowest BCUT2D eigenvalue weighted by Crippen LogP contribution is -2.55. The van der Waals surface area contributed by atoms with Crippen molar-refractivity contribution < 1.29 is 0 Å². The van der Waals surface area contributed by atoms with Gasteiger partial charge in [-0.3, -0.25) is 4.90 Å². The second-order valence-electron chi connectivity index (χ2n) is 3.87. The maximum Gasteiger partial charge on any atom is 0.100 e. The minimum atomic E-state index is 0.0906. The molecule has 0 radical (unpaired) electrons. The van der Waals surface area contributed by atoms with Crippen LogP contribution in [0.5, 0.6) is 0 Å². The molecule has 1 heterocycles. The fourth-order valence-electron chi connectivity index (χ4n) is 1.64. The fraction of sp³-hybridized carbons (Fsp3) is 0.889. The van der Waals surface area contributed by atoms with Crippen LogP contribution in [0.15, 0.2) is 0 Å². The highest BCUT2D eigenvalue weighted by Crippen LogP contribution is 2.21. The molecule has 3 heteroatoms. The van der Waals surface area contributed by atoms with Crippen LogP contribution < -0.4 is 5.73 Å². The largest absolute Gasteiger partial charge is 0.330 e. The SMILES string of the molecule is CC(C)[C@@H](C#N)N1CC(CN)C1. The van der Waals surface area contributed by atoms with Crippen molar-refractivity contribution in [2.24, 2.45) is 17.6 Å². The summed E-state index contributed by atoms with van der Waals surface area (Å²) in [6.07, 6.45) is 0. The van der Waals surface area contributed by atoms with Crippen molar-refractivity contribution in [3.8, 4) is 6.07 Å². The van der Waals surface area contributed by atoms with Crippen molar-refractivity contribution in [2.75, 3.05) is 19.6 Å². The minimum absolute atomic E-state index is 0.0906. The Hall–Kier alpha value is -0.590. The number of hydrogen-bond acceptors (Lipinski definition) is 3. The van der Waals surface area contributed by atoms with Gasteiger partial charge in [0.25, 0.3) is 0 Å². The number of rotatable bonds is 3. The maximum absolute atomic E-state index is 8.87. The van der Waals surface area contributed by atoms with Crippen LogP contribution in [-0.4, -0.2) is 30.6 Å². The molecule has 12 heavy (non-hydrogen) atoms. The number of nitrogens with zero attached hydrogens (tertiary/aromatic N) is 2. The van der Waals surface area contributed by atoms with E-state index >= 15 is 0 Å². The van der Waals surface area contributed by atoms with Gasteiger partial charge in [0.2, 0.25) is 0 Å². The molecule has 0 aliphatic carbocycles. The van der Waals surface area contributed by atoms with Gasteiger partial charge < -0.3 is 5.73 Å². The molecular formula is C9H17N3. The Morgan fingerprint density at radius 3 is 2.50 bits per heavy atom. The van der Waals surface area contributed by atoms with E-state index in [4.69, 9.17) is 11.0 Å². The van der Waals surface area contributed by atoms with Crippen LogP contribution in [0.25, 0.3) is 0 Å². The maximum atomic E-state index is 8.87. The molecule has 0 aromatic heterocycles. The van der Waals surface area contributed by atoms with E-state index in [1.807, 2.05) is 0 Å². The first kappa shape index (κ1) is 9.50. The van der Waals surface area contributed by atoms with Crippen LogP contribution >= 0.6 is 0 Å². The number of hydrogen-bond donors (Lipinski definition) is 1. The van der Waals surface area contributed by atoms with Gasteiger partial charge in [-0.15, -0.1) is 0 Å². The molecule has 1 aliphatic rings. The van der Waals surface area contributed by atoms with Crippen molar-refractivity contribution in [2.45, 2.75) is 19.9 Å². The van der Waals surface area contributed by atoms with E-state index in [-0.39, 0.29) is 6.04 Å². The van der Waals surface area contributed by atoms with Crippen molar-refractivity contribution >= 4 is 0 Å². The highest BCUT2D eigenvalue weighted by molar-refractivity contribution is 4.98. The second kappa shape index (κ2) is 3.88. The smallest absolute Gasteiger partial charge is 0.100 e. The molecule has 1 fully saturated rings. The molecule has 0 aromatic rings. The van der Waals surface area contributed by atoms with E-state index in [0.717, 1.165) is 19.6 Å². The van der Waals surface area contributed by atoms with Gasteiger partial charge in [-0.05, 0) is 18.4 Å². The lowest BCUT2D eigenvalue weighted by atomic mass is 9.94. The molecule has 0 aromatic carbocycles. The van der Waals surface area contributed by atoms with Crippen LogP contribution in [0, 0.1) is 23.2 Å². The first-order valence-electron chi connectivity index (χ1n) is 4.52. The summed E-state index contributed by atoms with van der Waals surface area (Å²) in [7, 11) is 0. The molecular weight excluding hydrogens is 150 g/mol. The van der Waals surface area contributed by atoms with Crippen LogP contribution in [0.4, 0.5) is 0 Å². The van der Waals surface area contributed by atoms with Crippen LogP contribution in [-0.2, 0) is 0 Å². The molecule has 0 spiro atoms. The molecule has 1 rings (SSSR count). The molecule has 1 saturated heterocycles. The molecule has 0 bridgehead atoms. The normalized spacial score (nSPS) is 21.9. The van der Waals surface area contributed by atoms with E-state index in [2.05, 4.69) is 24.8 Å². The van der Waals surface area contributed by atoms with Crippen molar-refractivity contribution in [3.05, 3.63) is 0 Å². The standard InChI is InChI=1S/C9H17N3/c1-7(2)9(4-11)12-5-8(3-10)6-12/h7-9H,3,5-6,10H2,1-2H3/t9-/m1/s1. The molecule has 1 atom stereocenters. The topological polar surface area (TPSA) is 53.0 Å².